The summed E-state index contributed by atoms with van der Waals surface area (Å²) in [6.07, 6.45) is 14.8. The summed E-state index contributed by atoms with van der Waals surface area (Å²) < 4.78 is 1.87. The number of hydrogen-bond donors (Lipinski definition) is 1. The lowest BCUT2D eigenvalue weighted by atomic mass is 9.86. The third-order valence-electron chi connectivity index (χ3n) is 7.68. The van der Waals surface area contributed by atoms with Crippen LogP contribution in [0.5, 0.6) is 0 Å². The van der Waals surface area contributed by atoms with E-state index in [0.29, 0.717) is 24.5 Å². The van der Waals surface area contributed by atoms with E-state index in [2.05, 4.69) is 57.5 Å². The number of anilines is 1. The molecule has 2 unspecified atom stereocenters. The summed E-state index contributed by atoms with van der Waals surface area (Å²) in [6.45, 7) is 0.359. The molecule has 5 aromatic rings. The lowest BCUT2D eigenvalue weighted by molar-refractivity contribution is -0.124. The molecule has 206 valence electrons. The molecule has 1 fully saturated rings. The van der Waals surface area contributed by atoms with Crippen molar-refractivity contribution in [3.05, 3.63) is 102 Å². The molecule has 1 aliphatic rings. The van der Waals surface area contributed by atoms with Crippen LogP contribution in [0.1, 0.15) is 42.5 Å². The molecule has 1 amide bonds. The maximum absolute atomic E-state index is 13.9. The number of rotatable bonds is 7. The maximum Gasteiger partial charge on any atom is 0.231 e. The van der Waals surface area contributed by atoms with Crippen LogP contribution in [0.4, 0.5) is 5.82 Å². The number of aromatic nitrogens is 5. The lowest BCUT2D eigenvalue weighted by Gasteiger charge is -2.30. The molecular weight excluding hydrogens is 512 g/mol. The van der Waals surface area contributed by atoms with Crippen LogP contribution in [0.25, 0.3) is 34.2 Å². The van der Waals surface area contributed by atoms with Crippen molar-refractivity contribution in [1.29, 1.82) is 0 Å². The topological polar surface area (TPSA) is 97.0 Å². The van der Waals surface area contributed by atoms with Crippen LogP contribution in [-0.4, -0.2) is 41.9 Å². The third-order valence-corrected chi connectivity index (χ3v) is 7.68. The molecule has 2 aromatic carbocycles. The van der Waals surface area contributed by atoms with Gasteiger partial charge in [0, 0.05) is 30.7 Å². The van der Waals surface area contributed by atoms with Gasteiger partial charge in [-0.1, -0.05) is 48.9 Å². The normalized spacial score (nSPS) is 17.2. The van der Waals surface area contributed by atoms with E-state index >= 15 is 0 Å². The molecular formula is C33H32N6O2. The minimum absolute atomic E-state index is 0.0301. The van der Waals surface area contributed by atoms with Crippen LogP contribution in [0.3, 0.4) is 0 Å². The van der Waals surface area contributed by atoms with Gasteiger partial charge in [0.05, 0.1) is 42.4 Å². The Morgan fingerprint density at radius 2 is 1.85 bits per heavy atom. The molecule has 1 aliphatic carbocycles. The molecule has 1 N–H and O–H groups in total. The van der Waals surface area contributed by atoms with Gasteiger partial charge >= 0.3 is 0 Å². The van der Waals surface area contributed by atoms with Crippen molar-refractivity contribution in [2.45, 2.75) is 38.3 Å². The fourth-order valence-corrected chi connectivity index (χ4v) is 5.45. The van der Waals surface area contributed by atoms with Crippen molar-refractivity contribution in [3.63, 3.8) is 0 Å². The number of aliphatic hydroxyl groups is 1. The van der Waals surface area contributed by atoms with Gasteiger partial charge in [0.2, 0.25) is 5.91 Å². The molecule has 0 spiro atoms. The number of nitrogens with zero attached hydrogens (tertiary/aromatic N) is 6. The predicted octanol–water partition coefficient (Wildman–Crippen LogP) is 5.68. The van der Waals surface area contributed by atoms with E-state index in [1.807, 2.05) is 42.2 Å². The number of carbonyl (C=O) groups excluding carboxylic acids is 1. The second-order valence-corrected chi connectivity index (χ2v) is 10.6. The van der Waals surface area contributed by atoms with Crippen LogP contribution in [-0.2, 0) is 18.4 Å². The number of fused-ring (bicyclic) bond motifs is 1. The van der Waals surface area contributed by atoms with Crippen molar-refractivity contribution in [1.82, 2.24) is 24.7 Å². The van der Waals surface area contributed by atoms with Gasteiger partial charge in [0.1, 0.15) is 0 Å². The number of amides is 1. The average molecular weight is 545 g/mol. The molecule has 8 nitrogen and oxygen atoms in total. The zero-order chi connectivity index (χ0) is 28.2. The molecule has 0 saturated heterocycles. The van der Waals surface area contributed by atoms with Gasteiger partial charge in [0.15, 0.2) is 5.82 Å². The van der Waals surface area contributed by atoms with Crippen molar-refractivity contribution in [3.8, 4) is 11.1 Å². The van der Waals surface area contributed by atoms with Gasteiger partial charge in [-0.25, -0.2) is 4.98 Å². The molecule has 2 atom stereocenters. The zero-order valence-electron chi connectivity index (χ0n) is 23.0. The molecule has 8 heteroatoms. The van der Waals surface area contributed by atoms with Crippen LogP contribution in [0.2, 0.25) is 0 Å². The summed E-state index contributed by atoms with van der Waals surface area (Å²) in [5.74, 6) is 0.215. The lowest BCUT2D eigenvalue weighted by Crippen LogP contribution is -2.39. The molecule has 3 aromatic heterocycles. The van der Waals surface area contributed by atoms with E-state index in [-0.39, 0.29) is 11.8 Å². The van der Waals surface area contributed by atoms with Crippen molar-refractivity contribution < 1.29 is 9.90 Å². The number of aliphatic hydroxyl groups excluding tert-OH is 1. The van der Waals surface area contributed by atoms with E-state index in [1.165, 1.54) is 0 Å². The van der Waals surface area contributed by atoms with Gasteiger partial charge in [-0.15, -0.1) is 0 Å². The minimum Gasteiger partial charge on any atom is -0.393 e. The largest absolute Gasteiger partial charge is 0.393 e. The van der Waals surface area contributed by atoms with Gasteiger partial charge in [-0.05, 0) is 65.8 Å². The molecule has 0 bridgehead atoms. The van der Waals surface area contributed by atoms with E-state index < -0.39 is 6.10 Å². The number of pyridine rings is 1. The van der Waals surface area contributed by atoms with Crippen LogP contribution < -0.4 is 4.90 Å². The first-order valence-electron chi connectivity index (χ1n) is 13.9. The number of hydrogen-bond acceptors (Lipinski definition) is 6. The highest BCUT2D eigenvalue weighted by Crippen LogP contribution is 2.29. The molecule has 3 heterocycles. The summed E-state index contributed by atoms with van der Waals surface area (Å²) in [7, 11) is 1.94. The minimum atomic E-state index is -0.448. The monoisotopic (exact) mass is 544 g/mol. The van der Waals surface area contributed by atoms with E-state index in [9.17, 15) is 9.90 Å². The highest BCUT2D eigenvalue weighted by Gasteiger charge is 2.31. The molecule has 0 radical (unpaired) electrons. The first-order valence-corrected chi connectivity index (χ1v) is 13.9. The van der Waals surface area contributed by atoms with E-state index in [0.717, 1.165) is 52.4 Å². The average Bonchev–Trinajstić information content (AvgIpc) is 3.39. The van der Waals surface area contributed by atoms with E-state index in [4.69, 9.17) is 4.98 Å². The first-order chi connectivity index (χ1) is 20.0. The molecule has 1 saturated carbocycles. The first kappa shape index (κ1) is 26.5. The summed E-state index contributed by atoms with van der Waals surface area (Å²) in [5.41, 5.74) is 5.88. The summed E-state index contributed by atoms with van der Waals surface area (Å²) in [5, 5.41) is 15.7. The molecule has 0 aliphatic heterocycles. The van der Waals surface area contributed by atoms with Crippen LogP contribution in [0.15, 0.2) is 85.6 Å². The number of benzene rings is 2. The smallest absolute Gasteiger partial charge is 0.231 e. The highest BCUT2D eigenvalue weighted by atomic mass is 16.3. The summed E-state index contributed by atoms with van der Waals surface area (Å²) >= 11 is 0. The quantitative estimate of drug-likeness (QED) is 0.283. The Morgan fingerprint density at radius 3 is 2.66 bits per heavy atom. The predicted molar refractivity (Wildman–Crippen MR) is 161 cm³/mol. The standard InChI is InChI=1S/C33H32N6O2/c1-38-31-14-12-26(16-28(31)19-36-38)25-10-7-24(8-11-25)22-39(33(41)27-5-2-6-30(40)17-27)32-21-35-20-29(37-32)13-9-23-4-3-15-34-18-23/h3-4,7-16,18-21,27,30,40H,2,5-6,17,22H2,1H3. The van der Waals surface area contributed by atoms with Gasteiger partial charge in [-0.3, -0.25) is 24.3 Å². The summed E-state index contributed by atoms with van der Waals surface area (Å²) in [6, 6.07) is 18.4. The highest BCUT2D eigenvalue weighted by molar-refractivity contribution is 5.94. The molecule has 41 heavy (non-hydrogen) atoms. The Balaban J connectivity index is 1.27. The Bertz CT molecular complexity index is 1680. The Morgan fingerprint density at radius 1 is 1.00 bits per heavy atom. The van der Waals surface area contributed by atoms with Crippen LogP contribution in [0, 0.1) is 5.92 Å². The Kier molecular flexibility index (Phi) is 7.65. The van der Waals surface area contributed by atoms with E-state index in [1.54, 1.807) is 29.7 Å². The maximum atomic E-state index is 13.9. The number of carbonyl (C=O) groups is 1. The van der Waals surface area contributed by atoms with Crippen molar-refractivity contribution in [2.75, 3.05) is 4.90 Å². The fourth-order valence-electron chi connectivity index (χ4n) is 5.45. The SMILES string of the molecule is Cn1ncc2cc(-c3ccc(CN(C(=O)C4CCCC(O)C4)c4cncc(C=Cc5cccnc5)n4)cc3)ccc21. The second kappa shape index (κ2) is 11.8. The van der Waals surface area contributed by atoms with Gasteiger partial charge in [0.25, 0.3) is 0 Å². The van der Waals surface area contributed by atoms with Crippen molar-refractivity contribution >= 4 is 34.8 Å². The second-order valence-electron chi connectivity index (χ2n) is 10.6. The number of aryl methyl sites for hydroxylation is 1. The van der Waals surface area contributed by atoms with Gasteiger partial charge < -0.3 is 5.11 Å². The van der Waals surface area contributed by atoms with Gasteiger partial charge in [-0.2, -0.15) is 5.10 Å². The Labute approximate surface area is 239 Å². The zero-order valence-corrected chi connectivity index (χ0v) is 23.0. The van der Waals surface area contributed by atoms with Crippen molar-refractivity contribution in [2.24, 2.45) is 13.0 Å². The molecule has 6 rings (SSSR count). The fraction of sp³-hybridized carbons (Fsp3) is 0.242. The Hall–Kier alpha value is -4.69. The summed E-state index contributed by atoms with van der Waals surface area (Å²) in [4.78, 5) is 28.9. The van der Waals surface area contributed by atoms with Crippen LogP contribution >= 0.6 is 0 Å². The third kappa shape index (κ3) is 6.07.